The molecule has 1 saturated heterocycles. The number of fused-ring (bicyclic) bond motifs is 1. The summed E-state index contributed by atoms with van der Waals surface area (Å²) in [5, 5.41) is 19.9. The van der Waals surface area contributed by atoms with Crippen molar-refractivity contribution in [2.75, 3.05) is 18.0 Å². The van der Waals surface area contributed by atoms with Gasteiger partial charge >= 0.3 is 5.69 Å². The number of nitrogens with two attached hydrogens (primary N) is 1. The van der Waals surface area contributed by atoms with Crippen molar-refractivity contribution in [3.8, 4) is 6.07 Å². The van der Waals surface area contributed by atoms with Crippen LogP contribution in [0.1, 0.15) is 25.0 Å². The minimum Gasteiger partial charge on any atom is -0.356 e. The number of anilines is 1. The van der Waals surface area contributed by atoms with Crippen LogP contribution >= 0.6 is 0 Å². The highest BCUT2D eigenvalue weighted by Crippen LogP contribution is 2.37. The van der Waals surface area contributed by atoms with Gasteiger partial charge in [0.15, 0.2) is 0 Å². The summed E-state index contributed by atoms with van der Waals surface area (Å²) in [6.45, 7) is 1.69. The molecular weight excluding hydrogens is 270 g/mol. The van der Waals surface area contributed by atoms with Crippen molar-refractivity contribution in [3.05, 3.63) is 27.9 Å². The van der Waals surface area contributed by atoms with Gasteiger partial charge in [0.05, 0.1) is 4.92 Å². The number of nitrogens with zero attached hydrogens (tertiary/aromatic N) is 4. The minimum absolute atomic E-state index is 0.128. The first-order valence-corrected chi connectivity index (χ1v) is 7.16. The Labute approximate surface area is 122 Å². The molecule has 0 radical (unpaired) electrons. The molecule has 1 aromatic rings. The number of hydrogen-bond acceptors (Lipinski definition) is 6. The normalized spacial score (nSPS) is 28.0. The Kier molecular flexibility index (Phi) is 3.47. The molecule has 0 aromatic carbocycles. The van der Waals surface area contributed by atoms with Crippen LogP contribution in [0.15, 0.2) is 12.1 Å². The highest BCUT2D eigenvalue weighted by atomic mass is 16.6. The number of pyridine rings is 1. The average molecular weight is 287 g/mol. The van der Waals surface area contributed by atoms with Crippen molar-refractivity contribution in [2.24, 2.45) is 17.6 Å². The third-order valence-electron chi connectivity index (χ3n) is 4.64. The molecule has 0 bridgehead atoms. The number of nitro groups is 1. The summed E-state index contributed by atoms with van der Waals surface area (Å²) >= 11 is 0. The largest absolute Gasteiger partial charge is 0.356 e. The van der Waals surface area contributed by atoms with Gasteiger partial charge in [0.2, 0.25) is 5.69 Å². The molecule has 110 valence electrons. The molecule has 21 heavy (non-hydrogen) atoms. The van der Waals surface area contributed by atoms with Gasteiger partial charge in [0, 0.05) is 25.2 Å². The minimum atomic E-state index is -0.574. The fourth-order valence-electron chi connectivity index (χ4n) is 3.55. The Bertz CT molecular complexity index is 612. The van der Waals surface area contributed by atoms with Crippen LogP contribution in [-0.2, 0) is 0 Å². The van der Waals surface area contributed by atoms with Crippen LogP contribution in [0.5, 0.6) is 0 Å². The SMILES string of the molecule is N#Cc1nc(N2CC3CCCC(N)C3C2)ccc1[N+](=O)[O-]. The molecule has 0 spiro atoms. The van der Waals surface area contributed by atoms with E-state index in [0.717, 1.165) is 25.9 Å². The second-order valence-electron chi connectivity index (χ2n) is 5.83. The van der Waals surface area contributed by atoms with Crippen LogP contribution in [0, 0.1) is 33.3 Å². The molecule has 2 aliphatic rings. The van der Waals surface area contributed by atoms with Crippen LogP contribution in [0.25, 0.3) is 0 Å². The zero-order valence-corrected chi connectivity index (χ0v) is 11.6. The molecule has 3 rings (SSSR count). The Morgan fingerprint density at radius 2 is 2.24 bits per heavy atom. The van der Waals surface area contributed by atoms with E-state index in [1.807, 2.05) is 6.07 Å². The third-order valence-corrected chi connectivity index (χ3v) is 4.64. The summed E-state index contributed by atoms with van der Waals surface area (Å²) < 4.78 is 0. The first-order chi connectivity index (χ1) is 10.1. The first kappa shape index (κ1) is 13.8. The van der Waals surface area contributed by atoms with Gasteiger partial charge in [-0.25, -0.2) is 4.98 Å². The average Bonchev–Trinajstić information content (AvgIpc) is 2.92. The van der Waals surface area contributed by atoms with Crippen molar-refractivity contribution in [2.45, 2.75) is 25.3 Å². The molecule has 2 fully saturated rings. The maximum absolute atomic E-state index is 10.8. The smallest absolute Gasteiger partial charge is 0.305 e. The summed E-state index contributed by atoms with van der Waals surface area (Å²) in [7, 11) is 0. The van der Waals surface area contributed by atoms with E-state index in [4.69, 9.17) is 11.0 Å². The predicted molar refractivity (Wildman–Crippen MR) is 76.6 cm³/mol. The Morgan fingerprint density at radius 3 is 2.90 bits per heavy atom. The molecular formula is C14H17N5O2. The quantitative estimate of drug-likeness (QED) is 0.651. The molecule has 7 heteroatoms. The lowest BCUT2D eigenvalue weighted by molar-refractivity contribution is -0.385. The van der Waals surface area contributed by atoms with E-state index >= 15 is 0 Å². The number of hydrogen-bond donors (Lipinski definition) is 1. The lowest BCUT2D eigenvalue weighted by Crippen LogP contribution is -2.38. The molecule has 2 N–H and O–H groups in total. The van der Waals surface area contributed by atoms with Crippen LogP contribution in [0.2, 0.25) is 0 Å². The van der Waals surface area contributed by atoms with Crippen LogP contribution in [0.4, 0.5) is 11.5 Å². The lowest BCUT2D eigenvalue weighted by atomic mass is 9.78. The predicted octanol–water partition coefficient (Wildman–Crippen LogP) is 1.43. The monoisotopic (exact) mass is 287 g/mol. The number of aromatic nitrogens is 1. The molecule has 2 heterocycles. The van der Waals surface area contributed by atoms with Gasteiger partial charge in [-0.05, 0) is 30.7 Å². The van der Waals surface area contributed by atoms with E-state index in [1.165, 1.54) is 12.5 Å². The molecule has 3 unspecified atom stereocenters. The molecule has 7 nitrogen and oxygen atoms in total. The van der Waals surface area contributed by atoms with Crippen molar-refractivity contribution in [1.29, 1.82) is 5.26 Å². The van der Waals surface area contributed by atoms with Gasteiger partial charge in [-0.1, -0.05) is 6.42 Å². The highest BCUT2D eigenvalue weighted by molar-refractivity contribution is 5.52. The molecule has 0 amide bonds. The van der Waals surface area contributed by atoms with E-state index in [2.05, 4.69) is 9.88 Å². The van der Waals surface area contributed by atoms with Crippen LogP contribution in [0.3, 0.4) is 0 Å². The van der Waals surface area contributed by atoms with E-state index in [1.54, 1.807) is 6.07 Å². The van der Waals surface area contributed by atoms with Crippen molar-refractivity contribution in [3.63, 3.8) is 0 Å². The van der Waals surface area contributed by atoms with E-state index in [-0.39, 0.29) is 17.4 Å². The first-order valence-electron chi connectivity index (χ1n) is 7.16. The Balaban J connectivity index is 1.85. The van der Waals surface area contributed by atoms with E-state index in [0.29, 0.717) is 17.7 Å². The number of nitriles is 1. The van der Waals surface area contributed by atoms with Gasteiger partial charge in [0.25, 0.3) is 0 Å². The molecule has 1 aliphatic heterocycles. The fraction of sp³-hybridized carbons (Fsp3) is 0.571. The second kappa shape index (κ2) is 5.30. The zero-order valence-electron chi connectivity index (χ0n) is 11.6. The van der Waals surface area contributed by atoms with E-state index < -0.39 is 4.92 Å². The molecule has 3 atom stereocenters. The van der Waals surface area contributed by atoms with Gasteiger partial charge in [0.1, 0.15) is 11.9 Å². The van der Waals surface area contributed by atoms with Crippen LogP contribution in [-0.4, -0.2) is 29.0 Å². The summed E-state index contributed by atoms with van der Waals surface area (Å²) in [5.41, 5.74) is 5.82. The fourth-order valence-corrected chi connectivity index (χ4v) is 3.55. The Hall–Kier alpha value is -2.20. The van der Waals surface area contributed by atoms with Crippen LogP contribution < -0.4 is 10.6 Å². The van der Waals surface area contributed by atoms with Crippen molar-refractivity contribution in [1.82, 2.24) is 4.98 Å². The summed E-state index contributed by atoms with van der Waals surface area (Å²) in [4.78, 5) is 16.5. The van der Waals surface area contributed by atoms with Gasteiger partial charge in [-0.3, -0.25) is 10.1 Å². The molecule has 1 saturated carbocycles. The van der Waals surface area contributed by atoms with Crippen molar-refractivity contribution < 1.29 is 4.92 Å². The summed E-state index contributed by atoms with van der Waals surface area (Å²) in [6, 6.07) is 5.02. The Morgan fingerprint density at radius 1 is 1.43 bits per heavy atom. The molecule has 1 aromatic heterocycles. The van der Waals surface area contributed by atoms with Crippen molar-refractivity contribution >= 4 is 11.5 Å². The second-order valence-corrected chi connectivity index (χ2v) is 5.83. The maximum Gasteiger partial charge on any atom is 0.305 e. The number of rotatable bonds is 2. The highest BCUT2D eigenvalue weighted by Gasteiger charge is 2.39. The van der Waals surface area contributed by atoms with Gasteiger partial charge in [-0.15, -0.1) is 0 Å². The molecule has 1 aliphatic carbocycles. The topological polar surface area (TPSA) is 109 Å². The zero-order chi connectivity index (χ0) is 15.0. The summed E-state index contributed by atoms with van der Waals surface area (Å²) in [5.74, 6) is 1.66. The maximum atomic E-state index is 10.8. The lowest BCUT2D eigenvalue weighted by Gasteiger charge is -2.29. The van der Waals surface area contributed by atoms with Gasteiger partial charge < -0.3 is 10.6 Å². The summed E-state index contributed by atoms with van der Waals surface area (Å²) in [6.07, 6.45) is 3.40. The standard InChI is InChI=1S/C14H17N5O2/c15-6-12-13(19(20)21)4-5-14(17-12)18-7-9-2-1-3-11(16)10(9)8-18/h4-5,9-11H,1-3,7-8,16H2. The van der Waals surface area contributed by atoms with E-state index in [9.17, 15) is 10.1 Å². The van der Waals surface area contributed by atoms with Gasteiger partial charge in [-0.2, -0.15) is 5.26 Å². The third kappa shape index (κ3) is 2.43.